The highest BCUT2D eigenvalue weighted by atomic mass is 19.1. The van der Waals surface area contributed by atoms with Crippen molar-refractivity contribution in [3.63, 3.8) is 0 Å². The molecule has 0 amide bonds. The molecule has 1 aliphatic rings. The van der Waals surface area contributed by atoms with Crippen molar-refractivity contribution in [2.24, 2.45) is 5.73 Å². The number of aliphatic hydroxyl groups excluding tert-OH is 1. The molecule has 1 aromatic rings. The fourth-order valence-corrected chi connectivity index (χ4v) is 2.63. The molecule has 1 saturated heterocycles. The molecule has 18 heavy (non-hydrogen) atoms. The zero-order valence-corrected chi connectivity index (χ0v) is 10.7. The number of nitrogens with two attached hydrogens (primary N) is 1. The molecule has 0 saturated carbocycles. The molecule has 3 unspecified atom stereocenters. The van der Waals surface area contributed by atoms with E-state index in [4.69, 9.17) is 5.73 Å². The van der Waals surface area contributed by atoms with Crippen LogP contribution in [-0.2, 0) is 0 Å². The molecule has 1 aromatic carbocycles. The predicted molar refractivity (Wildman–Crippen MR) is 69.6 cm³/mol. The van der Waals surface area contributed by atoms with Crippen LogP contribution in [0.2, 0.25) is 0 Å². The lowest BCUT2D eigenvalue weighted by atomic mass is 9.96. The first-order valence-corrected chi connectivity index (χ1v) is 6.55. The van der Waals surface area contributed by atoms with Crippen molar-refractivity contribution in [3.05, 3.63) is 35.6 Å². The van der Waals surface area contributed by atoms with E-state index in [9.17, 15) is 9.50 Å². The molecule has 0 aromatic heterocycles. The van der Waals surface area contributed by atoms with E-state index in [1.165, 1.54) is 12.1 Å². The van der Waals surface area contributed by atoms with E-state index in [0.717, 1.165) is 24.9 Å². The summed E-state index contributed by atoms with van der Waals surface area (Å²) in [7, 11) is 0. The summed E-state index contributed by atoms with van der Waals surface area (Å²) < 4.78 is 13.0. The maximum atomic E-state index is 13.0. The SMILES string of the molecule is CCC(N)C(c1ccc(F)cc1)N1CCC(O)C1. The van der Waals surface area contributed by atoms with Gasteiger partial charge in [-0.1, -0.05) is 19.1 Å². The summed E-state index contributed by atoms with van der Waals surface area (Å²) in [6.07, 6.45) is 1.37. The summed E-state index contributed by atoms with van der Waals surface area (Å²) in [6.45, 7) is 3.54. The second-order valence-corrected chi connectivity index (χ2v) is 5.01. The third-order valence-electron chi connectivity index (χ3n) is 3.68. The maximum absolute atomic E-state index is 13.0. The molecule has 3 atom stereocenters. The number of β-amino-alcohol motifs (C(OH)–C–C–N with tert-alkyl or cyclic N) is 1. The monoisotopic (exact) mass is 252 g/mol. The Balaban J connectivity index is 2.22. The number of aliphatic hydroxyl groups is 1. The van der Waals surface area contributed by atoms with Crippen molar-refractivity contribution < 1.29 is 9.50 Å². The normalized spacial score (nSPS) is 24.1. The lowest BCUT2D eigenvalue weighted by molar-refractivity contribution is 0.148. The van der Waals surface area contributed by atoms with Gasteiger partial charge in [-0.05, 0) is 30.5 Å². The highest BCUT2D eigenvalue weighted by Gasteiger charge is 2.31. The molecular weight excluding hydrogens is 231 g/mol. The summed E-state index contributed by atoms with van der Waals surface area (Å²) in [5.41, 5.74) is 7.22. The van der Waals surface area contributed by atoms with Crippen LogP contribution in [0, 0.1) is 5.82 Å². The number of hydrogen-bond acceptors (Lipinski definition) is 3. The number of likely N-dealkylation sites (tertiary alicyclic amines) is 1. The van der Waals surface area contributed by atoms with Gasteiger partial charge in [0.05, 0.1) is 6.10 Å². The van der Waals surface area contributed by atoms with Gasteiger partial charge < -0.3 is 10.8 Å². The highest BCUT2D eigenvalue weighted by Crippen LogP contribution is 2.28. The quantitative estimate of drug-likeness (QED) is 0.857. The van der Waals surface area contributed by atoms with Gasteiger partial charge in [0, 0.05) is 25.2 Å². The molecule has 0 bridgehead atoms. The van der Waals surface area contributed by atoms with Gasteiger partial charge in [-0.2, -0.15) is 0 Å². The van der Waals surface area contributed by atoms with E-state index in [1.54, 1.807) is 12.1 Å². The van der Waals surface area contributed by atoms with Crippen LogP contribution in [0.3, 0.4) is 0 Å². The van der Waals surface area contributed by atoms with Crippen LogP contribution < -0.4 is 5.73 Å². The van der Waals surface area contributed by atoms with Gasteiger partial charge in [0.25, 0.3) is 0 Å². The van der Waals surface area contributed by atoms with Crippen LogP contribution in [0.15, 0.2) is 24.3 Å². The Morgan fingerprint density at radius 3 is 2.61 bits per heavy atom. The van der Waals surface area contributed by atoms with Crippen molar-refractivity contribution in [2.75, 3.05) is 13.1 Å². The molecule has 3 nitrogen and oxygen atoms in total. The number of benzene rings is 1. The molecule has 0 spiro atoms. The lowest BCUT2D eigenvalue weighted by Gasteiger charge is -2.32. The van der Waals surface area contributed by atoms with Crippen molar-refractivity contribution in [1.29, 1.82) is 0 Å². The van der Waals surface area contributed by atoms with Crippen LogP contribution in [0.5, 0.6) is 0 Å². The van der Waals surface area contributed by atoms with Crippen LogP contribution >= 0.6 is 0 Å². The van der Waals surface area contributed by atoms with Crippen LogP contribution in [0.25, 0.3) is 0 Å². The van der Waals surface area contributed by atoms with Gasteiger partial charge in [0.2, 0.25) is 0 Å². The zero-order chi connectivity index (χ0) is 13.1. The minimum Gasteiger partial charge on any atom is -0.392 e. The van der Waals surface area contributed by atoms with Crippen molar-refractivity contribution in [3.8, 4) is 0 Å². The van der Waals surface area contributed by atoms with Crippen LogP contribution in [0.1, 0.15) is 31.4 Å². The standard InChI is InChI=1S/C14H21FN2O/c1-2-13(16)14(17-8-7-12(18)9-17)10-3-5-11(15)6-4-10/h3-6,12-14,18H,2,7-9,16H2,1H3. The molecule has 1 heterocycles. The van der Waals surface area contributed by atoms with E-state index in [1.807, 2.05) is 6.92 Å². The predicted octanol–water partition coefficient (Wildman–Crippen LogP) is 1.67. The number of halogens is 1. The van der Waals surface area contributed by atoms with Gasteiger partial charge in [0.15, 0.2) is 0 Å². The number of hydrogen-bond donors (Lipinski definition) is 2. The summed E-state index contributed by atoms with van der Waals surface area (Å²) in [6, 6.07) is 6.59. The van der Waals surface area contributed by atoms with Crippen molar-refractivity contribution in [1.82, 2.24) is 4.90 Å². The van der Waals surface area contributed by atoms with Gasteiger partial charge in [-0.3, -0.25) is 4.90 Å². The third-order valence-corrected chi connectivity index (χ3v) is 3.68. The average molecular weight is 252 g/mol. The summed E-state index contributed by atoms with van der Waals surface area (Å²) in [4.78, 5) is 2.20. The van der Waals surface area contributed by atoms with E-state index < -0.39 is 0 Å². The van der Waals surface area contributed by atoms with E-state index in [2.05, 4.69) is 4.90 Å². The van der Waals surface area contributed by atoms with Crippen LogP contribution in [0.4, 0.5) is 4.39 Å². The van der Waals surface area contributed by atoms with E-state index >= 15 is 0 Å². The first-order chi connectivity index (χ1) is 8.61. The Kier molecular flexibility index (Phi) is 4.32. The Bertz CT molecular complexity index is 382. The molecule has 4 heteroatoms. The van der Waals surface area contributed by atoms with E-state index in [0.29, 0.717) is 6.54 Å². The summed E-state index contributed by atoms with van der Waals surface area (Å²) in [5.74, 6) is -0.232. The van der Waals surface area contributed by atoms with E-state index in [-0.39, 0.29) is 24.0 Å². The highest BCUT2D eigenvalue weighted by molar-refractivity contribution is 5.22. The van der Waals surface area contributed by atoms with Gasteiger partial charge in [0.1, 0.15) is 5.82 Å². The molecular formula is C14H21FN2O. The lowest BCUT2D eigenvalue weighted by Crippen LogP contribution is -2.40. The van der Waals surface area contributed by atoms with Crippen LogP contribution in [-0.4, -0.2) is 35.2 Å². The molecule has 0 aliphatic carbocycles. The zero-order valence-electron chi connectivity index (χ0n) is 10.7. The number of rotatable bonds is 4. The fourth-order valence-electron chi connectivity index (χ4n) is 2.63. The maximum Gasteiger partial charge on any atom is 0.123 e. The first-order valence-electron chi connectivity index (χ1n) is 6.55. The van der Waals surface area contributed by atoms with Crippen molar-refractivity contribution in [2.45, 2.75) is 38.0 Å². The second-order valence-electron chi connectivity index (χ2n) is 5.01. The average Bonchev–Trinajstić information content (AvgIpc) is 2.78. The Morgan fingerprint density at radius 1 is 1.44 bits per heavy atom. The molecule has 3 N–H and O–H groups in total. The van der Waals surface area contributed by atoms with Crippen molar-refractivity contribution >= 4 is 0 Å². The molecule has 100 valence electrons. The largest absolute Gasteiger partial charge is 0.392 e. The molecule has 1 fully saturated rings. The Labute approximate surface area is 107 Å². The second kappa shape index (κ2) is 5.78. The minimum atomic E-state index is -0.267. The number of nitrogens with zero attached hydrogens (tertiary/aromatic N) is 1. The molecule has 1 aliphatic heterocycles. The molecule has 2 rings (SSSR count). The first kappa shape index (κ1) is 13.5. The fraction of sp³-hybridized carbons (Fsp3) is 0.571. The van der Waals surface area contributed by atoms with Gasteiger partial charge in [-0.15, -0.1) is 0 Å². The summed E-state index contributed by atoms with van der Waals surface area (Å²) in [5, 5.41) is 9.65. The Hall–Kier alpha value is -0.970. The summed E-state index contributed by atoms with van der Waals surface area (Å²) >= 11 is 0. The molecule has 0 radical (unpaired) electrons. The minimum absolute atomic E-state index is 0.000705. The smallest absolute Gasteiger partial charge is 0.123 e. The third kappa shape index (κ3) is 2.88. The Morgan fingerprint density at radius 2 is 2.11 bits per heavy atom. The van der Waals surface area contributed by atoms with Gasteiger partial charge in [-0.25, -0.2) is 4.39 Å². The van der Waals surface area contributed by atoms with Gasteiger partial charge >= 0.3 is 0 Å². The topological polar surface area (TPSA) is 49.5 Å².